The number of carbonyl (C=O) groups is 1. The average Bonchev–Trinajstić information content (AvgIpc) is 2.33. The summed E-state index contributed by atoms with van der Waals surface area (Å²) in [5.74, 6) is 0.847. The summed E-state index contributed by atoms with van der Waals surface area (Å²) in [6, 6.07) is 7.69. The lowest BCUT2D eigenvalue weighted by atomic mass is 9.89. The number of hydrogen-bond acceptors (Lipinski definition) is 3. The molecule has 2 N–H and O–H groups in total. The number of benzene rings is 1. The van der Waals surface area contributed by atoms with Gasteiger partial charge in [-0.25, -0.2) is 0 Å². The summed E-state index contributed by atoms with van der Waals surface area (Å²) in [4.78, 5) is 12.0. The molecule has 0 bridgehead atoms. The van der Waals surface area contributed by atoms with Gasteiger partial charge in [-0.05, 0) is 38.5 Å². The lowest BCUT2D eigenvalue weighted by molar-refractivity contribution is -0.128. The zero-order chi connectivity index (χ0) is 13.2. The number of carbonyl (C=O) groups excluding carboxylic acids is 1. The van der Waals surface area contributed by atoms with Crippen molar-refractivity contribution in [2.75, 3.05) is 13.1 Å². The summed E-state index contributed by atoms with van der Waals surface area (Å²) in [6.45, 7) is 7.35. The molecule has 0 aromatic heterocycles. The van der Waals surface area contributed by atoms with Gasteiger partial charge in [0, 0.05) is 13.1 Å². The standard InChI is InChI=1S/C14H20N2O2/c1-10(2)18-12-6-4-11(5-7-12)14(3)13(17)15-8-9-16-14/h4-7,10,16H,8-9H2,1-3H3,(H,15,17). The fourth-order valence-electron chi connectivity index (χ4n) is 2.12. The molecule has 0 spiro atoms. The minimum Gasteiger partial charge on any atom is -0.491 e. The van der Waals surface area contributed by atoms with E-state index < -0.39 is 5.54 Å². The minimum absolute atomic E-state index is 0.0197. The highest BCUT2D eigenvalue weighted by atomic mass is 16.5. The van der Waals surface area contributed by atoms with Gasteiger partial charge in [-0.3, -0.25) is 10.1 Å². The summed E-state index contributed by atoms with van der Waals surface area (Å²) < 4.78 is 5.60. The molecule has 4 heteroatoms. The molecule has 1 amide bonds. The third-order valence-corrected chi connectivity index (χ3v) is 3.15. The van der Waals surface area contributed by atoms with Crippen molar-refractivity contribution < 1.29 is 9.53 Å². The van der Waals surface area contributed by atoms with Gasteiger partial charge in [0.25, 0.3) is 0 Å². The molecule has 1 aromatic rings. The van der Waals surface area contributed by atoms with Crippen LogP contribution in [0.1, 0.15) is 26.3 Å². The normalized spacial score (nSPS) is 23.9. The van der Waals surface area contributed by atoms with E-state index in [9.17, 15) is 4.79 Å². The maximum absolute atomic E-state index is 12.0. The van der Waals surface area contributed by atoms with Gasteiger partial charge in [0.1, 0.15) is 11.3 Å². The zero-order valence-corrected chi connectivity index (χ0v) is 11.1. The smallest absolute Gasteiger partial charge is 0.244 e. The third-order valence-electron chi connectivity index (χ3n) is 3.15. The van der Waals surface area contributed by atoms with Crippen LogP contribution in [0.25, 0.3) is 0 Å². The van der Waals surface area contributed by atoms with Gasteiger partial charge in [0.15, 0.2) is 0 Å². The van der Waals surface area contributed by atoms with E-state index in [1.165, 1.54) is 0 Å². The second-order valence-corrected chi connectivity index (χ2v) is 5.00. The first-order chi connectivity index (χ1) is 8.52. The van der Waals surface area contributed by atoms with Crippen LogP contribution in [0.2, 0.25) is 0 Å². The molecule has 0 saturated carbocycles. The van der Waals surface area contributed by atoms with E-state index in [0.717, 1.165) is 17.9 Å². The van der Waals surface area contributed by atoms with Crippen LogP contribution in [0, 0.1) is 0 Å². The SMILES string of the molecule is CC(C)Oc1ccc(C2(C)NCCNC2=O)cc1. The third kappa shape index (κ3) is 2.48. The molecule has 2 rings (SSSR count). The van der Waals surface area contributed by atoms with Gasteiger partial charge in [-0.15, -0.1) is 0 Å². The van der Waals surface area contributed by atoms with E-state index in [1.54, 1.807) is 0 Å². The molecule has 1 saturated heterocycles. The molecule has 1 aliphatic rings. The van der Waals surface area contributed by atoms with Gasteiger partial charge >= 0.3 is 0 Å². The number of nitrogens with one attached hydrogen (secondary N) is 2. The van der Waals surface area contributed by atoms with Crippen LogP contribution < -0.4 is 15.4 Å². The van der Waals surface area contributed by atoms with Crippen molar-refractivity contribution in [3.05, 3.63) is 29.8 Å². The summed E-state index contributed by atoms with van der Waals surface area (Å²) in [6.07, 6.45) is 0.155. The van der Waals surface area contributed by atoms with Crippen LogP contribution in [-0.4, -0.2) is 25.1 Å². The molecule has 1 fully saturated rings. The van der Waals surface area contributed by atoms with E-state index in [2.05, 4.69) is 10.6 Å². The molecule has 1 aromatic carbocycles. The number of ether oxygens (including phenoxy) is 1. The number of hydrogen-bond donors (Lipinski definition) is 2. The minimum atomic E-state index is -0.644. The van der Waals surface area contributed by atoms with Crippen molar-refractivity contribution in [2.24, 2.45) is 0 Å². The van der Waals surface area contributed by atoms with Crippen LogP contribution in [-0.2, 0) is 10.3 Å². The highest BCUT2D eigenvalue weighted by Gasteiger charge is 2.36. The first-order valence-corrected chi connectivity index (χ1v) is 6.33. The molecule has 0 aliphatic carbocycles. The summed E-state index contributed by atoms with van der Waals surface area (Å²) in [5, 5.41) is 6.15. The van der Waals surface area contributed by atoms with E-state index in [0.29, 0.717) is 6.54 Å². The fourth-order valence-corrected chi connectivity index (χ4v) is 2.12. The van der Waals surface area contributed by atoms with E-state index >= 15 is 0 Å². The van der Waals surface area contributed by atoms with Crippen molar-refractivity contribution in [3.63, 3.8) is 0 Å². The Hall–Kier alpha value is -1.55. The highest BCUT2D eigenvalue weighted by Crippen LogP contribution is 2.25. The average molecular weight is 248 g/mol. The molecule has 18 heavy (non-hydrogen) atoms. The highest BCUT2D eigenvalue weighted by molar-refractivity contribution is 5.88. The van der Waals surface area contributed by atoms with Crippen molar-refractivity contribution in [1.82, 2.24) is 10.6 Å². The van der Waals surface area contributed by atoms with Crippen LogP contribution in [0.3, 0.4) is 0 Å². The van der Waals surface area contributed by atoms with Gasteiger partial charge in [0.05, 0.1) is 6.10 Å². The van der Waals surface area contributed by atoms with Crippen LogP contribution in [0.4, 0.5) is 0 Å². The lowest BCUT2D eigenvalue weighted by Gasteiger charge is -2.34. The maximum Gasteiger partial charge on any atom is 0.244 e. The molecular weight excluding hydrogens is 228 g/mol. The molecule has 1 atom stereocenters. The number of amides is 1. The Morgan fingerprint density at radius 1 is 1.22 bits per heavy atom. The Balaban J connectivity index is 2.20. The van der Waals surface area contributed by atoms with Gasteiger partial charge in [-0.2, -0.15) is 0 Å². The van der Waals surface area contributed by atoms with Gasteiger partial charge in [0.2, 0.25) is 5.91 Å². The molecule has 4 nitrogen and oxygen atoms in total. The summed E-state index contributed by atoms with van der Waals surface area (Å²) in [7, 11) is 0. The Bertz CT molecular complexity index is 428. The van der Waals surface area contributed by atoms with Crippen LogP contribution in [0.5, 0.6) is 5.75 Å². The number of rotatable bonds is 3. The van der Waals surface area contributed by atoms with E-state index in [1.807, 2.05) is 45.0 Å². The summed E-state index contributed by atoms with van der Waals surface area (Å²) >= 11 is 0. The first-order valence-electron chi connectivity index (χ1n) is 6.33. The Labute approximate surface area is 108 Å². The van der Waals surface area contributed by atoms with Gasteiger partial charge in [-0.1, -0.05) is 12.1 Å². The predicted molar refractivity (Wildman–Crippen MR) is 70.6 cm³/mol. The predicted octanol–water partition coefficient (Wildman–Crippen LogP) is 1.41. The molecular formula is C14H20N2O2. The second kappa shape index (κ2) is 4.98. The van der Waals surface area contributed by atoms with E-state index in [4.69, 9.17) is 4.74 Å². The molecule has 1 aliphatic heterocycles. The first kappa shape index (κ1) is 12.9. The molecule has 0 radical (unpaired) electrons. The van der Waals surface area contributed by atoms with Crippen molar-refractivity contribution in [1.29, 1.82) is 0 Å². The topological polar surface area (TPSA) is 50.4 Å². The van der Waals surface area contributed by atoms with Crippen molar-refractivity contribution in [2.45, 2.75) is 32.4 Å². The monoisotopic (exact) mass is 248 g/mol. The Morgan fingerprint density at radius 3 is 2.44 bits per heavy atom. The second-order valence-electron chi connectivity index (χ2n) is 5.00. The van der Waals surface area contributed by atoms with Crippen molar-refractivity contribution in [3.8, 4) is 5.75 Å². The van der Waals surface area contributed by atoms with Crippen LogP contribution in [0.15, 0.2) is 24.3 Å². The quantitative estimate of drug-likeness (QED) is 0.850. The Morgan fingerprint density at radius 2 is 1.89 bits per heavy atom. The largest absolute Gasteiger partial charge is 0.491 e. The zero-order valence-electron chi connectivity index (χ0n) is 11.1. The Kier molecular flexibility index (Phi) is 3.57. The van der Waals surface area contributed by atoms with Gasteiger partial charge < -0.3 is 10.1 Å². The maximum atomic E-state index is 12.0. The molecule has 98 valence electrons. The fraction of sp³-hybridized carbons (Fsp3) is 0.500. The van der Waals surface area contributed by atoms with Crippen molar-refractivity contribution >= 4 is 5.91 Å². The lowest BCUT2D eigenvalue weighted by Crippen LogP contribution is -2.59. The van der Waals surface area contributed by atoms with E-state index in [-0.39, 0.29) is 12.0 Å². The molecule has 1 unspecified atom stereocenters. The summed E-state index contributed by atoms with van der Waals surface area (Å²) in [5.41, 5.74) is 0.310. The molecule has 1 heterocycles. The van der Waals surface area contributed by atoms with Crippen LogP contribution >= 0.6 is 0 Å². The number of piperazine rings is 1.